The fraction of sp³-hybridized carbons (Fsp3) is 0.280. The lowest BCUT2D eigenvalue weighted by Crippen LogP contribution is -2.48. The number of para-hydroxylation sites is 2. The third kappa shape index (κ3) is 6.09. The largest absolute Gasteiger partial charge is 0.492 e. The summed E-state index contributed by atoms with van der Waals surface area (Å²) in [5.41, 5.74) is 2.36. The Balaban J connectivity index is 1.33. The molecule has 0 atom stereocenters. The summed E-state index contributed by atoms with van der Waals surface area (Å²) in [6, 6.07) is 17.3. The van der Waals surface area contributed by atoms with E-state index in [1.165, 1.54) is 16.4 Å². The van der Waals surface area contributed by atoms with Crippen molar-refractivity contribution in [1.29, 1.82) is 0 Å². The molecule has 0 unspecified atom stereocenters. The first-order valence-electron chi connectivity index (χ1n) is 11.5. The number of anilines is 2. The van der Waals surface area contributed by atoms with Crippen molar-refractivity contribution < 1.29 is 17.9 Å². The molecule has 1 aromatic heterocycles. The van der Waals surface area contributed by atoms with Gasteiger partial charge in [-0.1, -0.05) is 18.2 Å². The standard InChI is InChI=1S/C25H29N5O4S/c1-2-34-24-8-4-3-7-23(24)29-14-16-30(17-15-29)35(32,33)22-11-9-21(10-12-22)28-25(31)27-19-20-6-5-13-26-18-20/h3-13,18H,2,14-17,19H2,1H3,(H2,27,28,31). The van der Waals surface area contributed by atoms with Crippen molar-refractivity contribution in [2.24, 2.45) is 0 Å². The molecule has 2 aromatic carbocycles. The van der Waals surface area contributed by atoms with E-state index < -0.39 is 10.0 Å². The van der Waals surface area contributed by atoms with Gasteiger partial charge in [0.1, 0.15) is 5.75 Å². The summed E-state index contributed by atoms with van der Waals surface area (Å²) in [7, 11) is -3.64. The van der Waals surface area contributed by atoms with E-state index in [0.29, 0.717) is 45.0 Å². The molecule has 1 aliphatic rings. The minimum absolute atomic E-state index is 0.196. The summed E-state index contributed by atoms with van der Waals surface area (Å²) < 4.78 is 33.6. The second-order valence-electron chi connectivity index (χ2n) is 7.99. The number of ether oxygens (including phenoxy) is 1. The number of carbonyl (C=O) groups is 1. The van der Waals surface area contributed by atoms with Gasteiger partial charge in [0.05, 0.1) is 17.2 Å². The molecule has 2 heterocycles. The number of pyridine rings is 1. The molecule has 1 saturated heterocycles. The van der Waals surface area contributed by atoms with E-state index in [2.05, 4.69) is 20.5 Å². The quantitative estimate of drug-likeness (QED) is 0.497. The van der Waals surface area contributed by atoms with Gasteiger partial charge in [-0.15, -0.1) is 0 Å². The highest BCUT2D eigenvalue weighted by Gasteiger charge is 2.29. The molecule has 0 aliphatic carbocycles. The number of aromatic nitrogens is 1. The van der Waals surface area contributed by atoms with E-state index >= 15 is 0 Å². The van der Waals surface area contributed by atoms with Gasteiger partial charge in [-0.3, -0.25) is 4.98 Å². The van der Waals surface area contributed by atoms with Crippen molar-refractivity contribution in [2.45, 2.75) is 18.4 Å². The van der Waals surface area contributed by atoms with Gasteiger partial charge in [-0.2, -0.15) is 4.31 Å². The predicted molar refractivity (Wildman–Crippen MR) is 135 cm³/mol. The van der Waals surface area contributed by atoms with Crippen LogP contribution in [0.5, 0.6) is 5.75 Å². The SMILES string of the molecule is CCOc1ccccc1N1CCN(S(=O)(=O)c2ccc(NC(=O)NCc3cccnc3)cc2)CC1. The summed E-state index contributed by atoms with van der Waals surface area (Å²) >= 11 is 0. The van der Waals surface area contributed by atoms with E-state index in [4.69, 9.17) is 4.74 Å². The fourth-order valence-corrected chi connectivity index (χ4v) is 5.31. The number of sulfonamides is 1. The molecule has 9 nitrogen and oxygen atoms in total. The van der Waals surface area contributed by atoms with Crippen LogP contribution < -0.4 is 20.3 Å². The van der Waals surface area contributed by atoms with Crippen LogP contribution >= 0.6 is 0 Å². The predicted octanol–water partition coefficient (Wildman–Crippen LogP) is 3.31. The van der Waals surface area contributed by atoms with Crippen molar-refractivity contribution in [1.82, 2.24) is 14.6 Å². The fourth-order valence-electron chi connectivity index (χ4n) is 3.88. The number of piperazine rings is 1. The lowest BCUT2D eigenvalue weighted by atomic mass is 10.2. The van der Waals surface area contributed by atoms with Crippen molar-refractivity contribution >= 4 is 27.4 Å². The zero-order valence-corrected chi connectivity index (χ0v) is 20.4. The van der Waals surface area contributed by atoms with Gasteiger partial charge in [0.25, 0.3) is 0 Å². The Bertz CT molecular complexity index is 1230. The maximum Gasteiger partial charge on any atom is 0.319 e. The summed E-state index contributed by atoms with van der Waals surface area (Å²) in [5.74, 6) is 0.805. The average molecular weight is 496 g/mol. The Labute approximate surface area is 205 Å². The van der Waals surface area contributed by atoms with Gasteiger partial charge in [-0.25, -0.2) is 13.2 Å². The topological polar surface area (TPSA) is 104 Å². The van der Waals surface area contributed by atoms with Gasteiger partial charge in [0, 0.05) is 50.8 Å². The first-order chi connectivity index (χ1) is 17.0. The molecule has 2 N–H and O–H groups in total. The summed E-state index contributed by atoms with van der Waals surface area (Å²) in [6.07, 6.45) is 3.35. The second-order valence-corrected chi connectivity index (χ2v) is 9.92. The number of amides is 2. The van der Waals surface area contributed by atoms with Crippen LogP contribution in [0.4, 0.5) is 16.2 Å². The lowest BCUT2D eigenvalue weighted by molar-refractivity contribution is 0.251. The molecule has 35 heavy (non-hydrogen) atoms. The highest BCUT2D eigenvalue weighted by atomic mass is 32.2. The first kappa shape index (κ1) is 24.5. The number of benzene rings is 2. The highest BCUT2D eigenvalue weighted by Crippen LogP contribution is 2.30. The molecule has 3 aromatic rings. The number of nitrogens with one attached hydrogen (secondary N) is 2. The molecular weight excluding hydrogens is 466 g/mol. The smallest absolute Gasteiger partial charge is 0.319 e. The monoisotopic (exact) mass is 495 g/mol. The van der Waals surface area contributed by atoms with Crippen LogP contribution in [-0.2, 0) is 16.6 Å². The molecule has 1 aliphatic heterocycles. The number of hydrogen-bond acceptors (Lipinski definition) is 6. The lowest BCUT2D eigenvalue weighted by Gasteiger charge is -2.36. The maximum absolute atomic E-state index is 13.2. The summed E-state index contributed by atoms with van der Waals surface area (Å²) in [5, 5.41) is 5.46. The van der Waals surface area contributed by atoms with Crippen LogP contribution in [0, 0.1) is 0 Å². The Morgan fingerprint density at radius 1 is 1.00 bits per heavy atom. The number of rotatable bonds is 8. The molecular formula is C25H29N5O4S. The Morgan fingerprint density at radius 2 is 1.74 bits per heavy atom. The Morgan fingerprint density at radius 3 is 2.43 bits per heavy atom. The zero-order valence-electron chi connectivity index (χ0n) is 19.6. The zero-order chi connectivity index (χ0) is 24.7. The van der Waals surface area contributed by atoms with Crippen molar-refractivity contribution in [3.8, 4) is 5.75 Å². The van der Waals surface area contributed by atoms with Gasteiger partial charge in [0.15, 0.2) is 0 Å². The maximum atomic E-state index is 13.2. The Hall–Kier alpha value is -3.63. The molecule has 10 heteroatoms. The van der Waals surface area contributed by atoms with E-state index in [1.807, 2.05) is 37.3 Å². The summed E-state index contributed by atoms with van der Waals surface area (Å²) in [4.78, 5) is 18.5. The van der Waals surface area contributed by atoms with Gasteiger partial charge < -0.3 is 20.3 Å². The molecule has 0 saturated carbocycles. The third-order valence-corrected chi connectivity index (χ3v) is 7.58. The Kier molecular flexibility index (Phi) is 7.84. The van der Waals surface area contributed by atoms with Crippen LogP contribution in [0.1, 0.15) is 12.5 Å². The minimum atomic E-state index is -3.64. The number of hydrogen-bond donors (Lipinski definition) is 2. The average Bonchev–Trinajstić information content (AvgIpc) is 2.89. The van der Waals surface area contributed by atoms with Crippen LogP contribution in [0.15, 0.2) is 78.0 Å². The number of carbonyl (C=O) groups excluding carboxylic acids is 1. The van der Waals surface area contributed by atoms with Crippen LogP contribution in [0.25, 0.3) is 0 Å². The molecule has 0 bridgehead atoms. The highest BCUT2D eigenvalue weighted by molar-refractivity contribution is 7.89. The second kappa shape index (κ2) is 11.2. The van der Waals surface area contributed by atoms with E-state index in [-0.39, 0.29) is 10.9 Å². The molecule has 2 amide bonds. The number of nitrogens with zero attached hydrogens (tertiary/aromatic N) is 3. The van der Waals surface area contributed by atoms with Crippen LogP contribution in [0.2, 0.25) is 0 Å². The van der Waals surface area contributed by atoms with E-state index in [0.717, 1.165) is 17.0 Å². The van der Waals surface area contributed by atoms with Crippen LogP contribution in [-0.4, -0.2) is 56.5 Å². The summed E-state index contributed by atoms with van der Waals surface area (Å²) in [6.45, 7) is 4.74. The molecule has 4 rings (SSSR count). The molecule has 0 spiro atoms. The molecule has 1 fully saturated rings. The van der Waals surface area contributed by atoms with E-state index in [1.54, 1.807) is 30.6 Å². The van der Waals surface area contributed by atoms with Gasteiger partial charge >= 0.3 is 6.03 Å². The molecule has 184 valence electrons. The normalized spacial score (nSPS) is 14.4. The minimum Gasteiger partial charge on any atom is -0.492 e. The van der Waals surface area contributed by atoms with Crippen molar-refractivity contribution in [3.05, 3.63) is 78.6 Å². The number of urea groups is 1. The van der Waals surface area contributed by atoms with Crippen LogP contribution in [0.3, 0.4) is 0 Å². The van der Waals surface area contributed by atoms with E-state index in [9.17, 15) is 13.2 Å². The first-order valence-corrected chi connectivity index (χ1v) is 12.9. The third-order valence-electron chi connectivity index (χ3n) is 5.67. The van der Waals surface area contributed by atoms with Gasteiger partial charge in [-0.05, 0) is 55.0 Å². The molecule has 0 radical (unpaired) electrons. The van der Waals surface area contributed by atoms with Crippen molar-refractivity contribution in [3.63, 3.8) is 0 Å². The van der Waals surface area contributed by atoms with Crippen molar-refractivity contribution in [2.75, 3.05) is 43.0 Å². The van der Waals surface area contributed by atoms with Gasteiger partial charge in [0.2, 0.25) is 10.0 Å².